The molecule has 0 unspecified atom stereocenters. The van der Waals surface area contributed by atoms with E-state index >= 15 is 0 Å². The van der Waals surface area contributed by atoms with Gasteiger partial charge in [-0.15, -0.1) is 0 Å². The second-order valence-electron chi connectivity index (χ2n) is 6.50. The van der Waals surface area contributed by atoms with Crippen LogP contribution in [-0.2, 0) is 31.2 Å². The second kappa shape index (κ2) is 23.6. The van der Waals surface area contributed by atoms with Crippen molar-refractivity contribution < 1.29 is 60.6 Å². The minimum Gasteiger partial charge on any atom is -0.456 e. The lowest BCUT2D eigenvalue weighted by molar-refractivity contribution is 0.0780. The average molecular weight is 571 g/mol. The zero-order valence-corrected chi connectivity index (χ0v) is 21.1. The number of furan rings is 4. The SMILES string of the molecule is C.CF.CF.O=Cc1ccc(CO)o1.O=Cc1ccc(CO)o1.O=Cc1ccc(COCc2ccc(C=O)o2)o1. The van der Waals surface area contributed by atoms with Gasteiger partial charge in [0.1, 0.15) is 49.5 Å². The predicted octanol–water partition coefficient (Wildman–Crippen LogP) is 5.19. The van der Waals surface area contributed by atoms with Gasteiger partial charge in [-0.3, -0.25) is 28.0 Å². The number of aldehydes is 4. The molecule has 0 saturated carbocycles. The molecule has 0 aromatic carbocycles. The summed E-state index contributed by atoms with van der Waals surface area (Å²) in [4.78, 5) is 40.7. The molecule has 0 aliphatic carbocycles. The molecule has 4 aromatic rings. The lowest BCUT2D eigenvalue weighted by atomic mass is 10.4. The summed E-state index contributed by atoms with van der Waals surface area (Å²) < 4.78 is 44.1. The lowest BCUT2D eigenvalue weighted by Crippen LogP contribution is -1.91. The number of ether oxygens (including phenoxy) is 1. The Labute approximate surface area is 229 Å². The van der Waals surface area contributed by atoms with Crippen LogP contribution in [0.5, 0.6) is 0 Å². The first-order valence-corrected chi connectivity index (χ1v) is 10.8. The number of rotatable bonds is 10. The summed E-state index contributed by atoms with van der Waals surface area (Å²) in [5, 5.41) is 16.9. The fourth-order valence-electron chi connectivity index (χ4n) is 2.41. The molecule has 11 nitrogen and oxygen atoms in total. The zero-order valence-electron chi connectivity index (χ0n) is 21.1. The van der Waals surface area contributed by atoms with Crippen LogP contribution in [0.3, 0.4) is 0 Å². The minimum atomic E-state index is -0.159. The summed E-state index contributed by atoms with van der Waals surface area (Å²) in [6.45, 7) is 0.164. The van der Waals surface area contributed by atoms with Crippen LogP contribution in [0.4, 0.5) is 8.78 Å². The van der Waals surface area contributed by atoms with E-state index in [-0.39, 0.29) is 56.9 Å². The van der Waals surface area contributed by atoms with Gasteiger partial charge in [-0.25, -0.2) is 0 Å². The minimum absolute atomic E-state index is 0. The number of carbonyl (C=O) groups excluding carboxylic acids is 4. The molecule has 0 atom stereocenters. The maximum absolute atomic E-state index is 10.4. The number of hydrogen-bond donors (Lipinski definition) is 2. The highest BCUT2D eigenvalue weighted by atomic mass is 19.1. The Kier molecular flexibility index (Phi) is 22.3. The summed E-state index contributed by atoms with van der Waals surface area (Å²) in [7, 11) is 1.00. The number of hydrogen-bond acceptors (Lipinski definition) is 11. The monoisotopic (exact) mass is 570 g/mol. The predicted molar refractivity (Wildman–Crippen MR) is 138 cm³/mol. The fourth-order valence-corrected chi connectivity index (χ4v) is 2.41. The van der Waals surface area contributed by atoms with E-state index in [1.807, 2.05) is 0 Å². The van der Waals surface area contributed by atoms with E-state index in [1.54, 1.807) is 36.4 Å². The Bertz CT molecular complexity index is 1110. The van der Waals surface area contributed by atoms with Crippen LogP contribution in [0.15, 0.2) is 66.2 Å². The Hall–Kier alpha value is -4.46. The molecular weight excluding hydrogens is 538 g/mol. The number of halogens is 2. The van der Waals surface area contributed by atoms with Crippen LogP contribution in [0, 0.1) is 0 Å². The third-order valence-corrected chi connectivity index (χ3v) is 3.99. The normalized spacial score (nSPS) is 8.95. The Morgan fingerprint density at radius 3 is 1.00 bits per heavy atom. The number of alkyl halides is 2. The van der Waals surface area contributed by atoms with Gasteiger partial charge < -0.3 is 32.6 Å². The van der Waals surface area contributed by atoms with Crippen molar-refractivity contribution in [2.24, 2.45) is 0 Å². The number of carbonyl (C=O) groups is 4. The topological polar surface area (TPSA) is 171 Å². The first-order chi connectivity index (χ1) is 19.0. The van der Waals surface area contributed by atoms with Crippen molar-refractivity contribution in [3.8, 4) is 0 Å². The van der Waals surface area contributed by atoms with Gasteiger partial charge in [-0.1, -0.05) is 7.43 Å². The van der Waals surface area contributed by atoms with Crippen molar-refractivity contribution in [3.05, 3.63) is 94.6 Å². The molecule has 2 N–H and O–H groups in total. The van der Waals surface area contributed by atoms with Gasteiger partial charge in [-0.05, 0) is 48.5 Å². The van der Waals surface area contributed by atoms with E-state index in [0.29, 0.717) is 62.5 Å². The summed E-state index contributed by atoms with van der Waals surface area (Å²) in [5.41, 5.74) is 0. The molecule has 4 heterocycles. The van der Waals surface area contributed by atoms with E-state index in [2.05, 4.69) is 0 Å². The molecule has 0 aliphatic rings. The molecule has 0 spiro atoms. The quantitative estimate of drug-likeness (QED) is 0.240. The van der Waals surface area contributed by atoms with E-state index in [1.165, 1.54) is 12.1 Å². The van der Waals surface area contributed by atoms with Crippen LogP contribution in [0.1, 0.15) is 72.7 Å². The average Bonchev–Trinajstić information content (AvgIpc) is 3.83. The molecule has 0 amide bonds. The van der Waals surface area contributed by atoms with Crippen LogP contribution >= 0.6 is 0 Å². The van der Waals surface area contributed by atoms with Gasteiger partial charge in [-0.2, -0.15) is 0 Å². The van der Waals surface area contributed by atoms with Gasteiger partial charge in [0.25, 0.3) is 0 Å². The van der Waals surface area contributed by atoms with E-state index in [0.717, 1.165) is 0 Å². The molecule has 13 heteroatoms. The highest BCUT2D eigenvalue weighted by Crippen LogP contribution is 2.11. The molecule has 0 bridgehead atoms. The first kappa shape index (κ1) is 37.7. The summed E-state index contributed by atoms with van der Waals surface area (Å²) in [6.07, 6.45) is 2.46. The van der Waals surface area contributed by atoms with Crippen LogP contribution in [0.2, 0.25) is 0 Å². The largest absolute Gasteiger partial charge is 0.456 e. The van der Waals surface area contributed by atoms with E-state index in [9.17, 15) is 28.0 Å². The molecule has 0 fully saturated rings. The molecule has 0 saturated heterocycles. The van der Waals surface area contributed by atoms with Crippen LogP contribution in [0.25, 0.3) is 0 Å². The highest BCUT2D eigenvalue weighted by molar-refractivity contribution is 5.71. The lowest BCUT2D eigenvalue weighted by Gasteiger charge is -1.98. The standard InChI is InChI=1S/C12H10O5.2C6H6O3.2CH3F.CH4/c13-5-9-1-3-11(16-9)7-15-8-12-4-2-10(6-14)17-12;2*7-3-5-1-2-6(4-8)9-5;2*1-2;/h1-6H,7-8H2;2*1-3,8H,4H2;2*1H3;1H4. The maximum atomic E-state index is 10.4. The van der Waals surface area contributed by atoms with Crippen molar-refractivity contribution >= 4 is 25.1 Å². The van der Waals surface area contributed by atoms with Gasteiger partial charge >= 0.3 is 0 Å². The molecule has 0 radical (unpaired) electrons. The van der Waals surface area contributed by atoms with E-state index < -0.39 is 0 Å². The molecule has 0 aliphatic heterocycles. The molecule has 4 aromatic heterocycles. The van der Waals surface area contributed by atoms with Crippen LogP contribution in [-0.4, -0.2) is 49.7 Å². The summed E-state index contributed by atoms with van der Waals surface area (Å²) in [5.74, 6) is 2.99. The zero-order chi connectivity index (χ0) is 29.5. The van der Waals surface area contributed by atoms with Gasteiger partial charge in [0.05, 0.1) is 14.4 Å². The molecule has 4 rings (SSSR count). The van der Waals surface area contributed by atoms with Gasteiger partial charge in [0, 0.05) is 0 Å². The summed E-state index contributed by atoms with van der Waals surface area (Å²) >= 11 is 0. The number of aliphatic hydroxyl groups excluding tert-OH is 2. The smallest absolute Gasteiger partial charge is 0.185 e. The van der Waals surface area contributed by atoms with Gasteiger partial charge in [0.15, 0.2) is 48.2 Å². The third kappa shape index (κ3) is 14.5. The van der Waals surface area contributed by atoms with Gasteiger partial charge in [0.2, 0.25) is 0 Å². The second-order valence-corrected chi connectivity index (χ2v) is 6.50. The highest BCUT2D eigenvalue weighted by Gasteiger charge is 2.04. The fraction of sp³-hybridized carbons (Fsp3) is 0.259. The Morgan fingerprint density at radius 1 is 0.550 bits per heavy atom. The Morgan fingerprint density at radius 2 is 0.800 bits per heavy atom. The number of aliphatic hydroxyl groups is 2. The van der Waals surface area contributed by atoms with Crippen molar-refractivity contribution in [1.29, 1.82) is 0 Å². The first-order valence-electron chi connectivity index (χ1n) is 10.8. The van der Waals surface area contributed by atoms with Crippen molar-refractivity contribution in [2.75, 3.05) is 14.4 Å². The van der Waals surface area contributed by atoms with E-state index in [4.69, 9.17) is 32.6 Å². The third-order valence-electron chi connectivity index (χ3n) is 3.99. The van der Waals surface area contributed by atoms with Crippen LogP contribution < -0.4 is 0 Å². The molecule has 40 heavy (non-hydrogen) atoms. The Balaban J connectivity index is 0. The van der Waals surface area contributed by atoms with Crippen molar-refractivity contribution in [1.82, 2.24) is 0 Å². The molecule has 220 valence electrons. The van der Waals surface area contributed by atoms with Crippen molar-refractivity contribution in [2.45, 2.75) is 33.9 Å². The summed E-state index contributed by atoms with van der Waals surface area (Å²) in [6, 6.07) is 12.6. The van der Waals surface area contributed by atoms with Crippen molar-refractivity contribution in [3.63, 3.8) is 0 Å². The molecular formula is C27H32F2O11. The maximum Gasteiger partial charge on any atom is 0.185 e.